The van der Waals surface area contributed by atoms with E-state index in [1.807, 2.05) is 37.3 Å². The van der Waals surface area contributed by atoms with Crippen LogP contribution in [0.25, 0.3) is 21.6 Å². The first kappa shape index (κ1) is 11.6. The lowest BCUT2D eigenvalue weighted by molar-refractivity contribution is -0.332. The van der Waals surface area contributed by atoms with Crippen molar-refractivity contribution in [2.45, 2.75) is 6.92 Å². The summed E-state index contributed by atoms with van der Waals surface area (Å²) in [4.78, 5) is 9.22. The first-order valence-electron chi connectivity index (χ1n) is 5.78. The number of nitrogens with zero attached hydrogens (tertiary/aromatic N) is 2. The highest BCUT2D eigenvalue weighted by molar-refractivity contribution is 7.19. The van der Waals surface area contributed by atoms with Gasteiger partial charge in [0.05, 0.1) is 5.56 Å². The molecule has 0 saturated carbocycles. The van der Waals surface area contributed by atoms with E-state index in [4.69, 9.17) is 11.0 Å². The molecule has 0 unspecified atom stereocenters. The summed E-state index contributed by atoms with van der Waals surface area (Å²) < 4.78 is 0. The van der Waals surface area contributed by atoms with Gasteiger partial charge in [-0.05, 0) is 29.6 Å². The Morgan fingerprint density at radius 1 is 1.32 bits per heavy atom. The fraction of sp³-hybridized carbons (Fsp3) is 0.0714. The maximum atomic E-state index is 9.08. The van der Waals surface area contributed by atoms with Gasteiger partial charge in [0.2, 0.25) is 0 Å². The maximum absolute atomic E-state index is 9.08. The Labute approximate surface area is 114 Å². The number of hydrogen-bond acceptors (Lipinski definition) is 4. The molecule has 0 bridgehead atoms. The molecule has 1 aromatic carbocycles. The van der Waals surface area contributed by atoms with Crippen molar-refractivity contribution in [3.05, 3.63) is 40.8 Å². The molecule has 0 radical (unpaired) electrons. The molecule has 19 heavy (non-hydrogen) atoms. The normalized spacial score (nSPS) is 10.5. The average molecular weight is 267 g/mol. The molecule has 3 aromatic rings. The zero-order valence-corrected chi connectivity index (χ0v) is 11.1. The summed E-state index contributed by atoms with van der Waals surface area (Å²) in [5.74, 6) is 1.18. The van der Waals surface area contributed by atoms with E-state index in [-0.39, 0.29) is 0 Å². The fourth-order valence-electron chi connectivity index (χ4n) is 2.06. The van der Waals surface area contributed by atoms with Crippen LogP contribution < -0.4 is 10.7 Å². The molecule has 2 heterocycles. The maximum Gasteiger partial charge on any atom is 0.331 e. The van der Waals surface area contributed by atoms with Crippen molar-refractivity contribution < 1.29 is 4.98 Å². The van der Waals surface area contributed by atoms with Crippen LogP contribution in [0.15, 0.2) is 30.3 Å². The third kappa shape index (κ3) is 1.83. The Bertz CT molecular complexity index is 800. The molecule has 92 valence electrons. The quantitative estimate of drug-likeness (QED) is 0.736. The Hall–Kier alpha value is -2.45. The number of hydrogen-bond donors (Lipinski definition) is 1. The van der Waals surface area contributed by atoms with E-state index in [9.17, 15) is 0 Å². The van der Waals surface area contributed by atoms with Crippen LogP contribution in [0.3, 0.4) is 0 Å². The molecule has 0 atom stereocenters. The van der Waals surface area contributed by atoms with Crippen molar-refractivity contribution in [3.63, 3.8) is 0 Å². The van der Waals surface area contributed by atoms with Crippen LogP contribution in [-0.4, -0.2) is 4.98 Å². The molecule has 0 fully saturated rings. The molecule has 0 amide bonds. The number of fused-ring (bicyclic) bond motifs is 1. The number of H-pyrrole nitrogens is 1. The van der Waals surface area contributed by atoms with Crippen LogP contribution in [0.2, 0.25) is 0 Å². The lowest BCUT2D eigenvalue weighted by Gasteiger charge is -1.95. The summed E-state index contributed by atoms with van der Waals surface area (Å²) in [5.41, 5.74) is 7.89. The number of aromatic amines is 1. The molecule has 0 saturated heterocycles. The van der Waals surface area contributed by atoms with Crippen molar-refractivity contribution >= 4 is 27.4 Å². The van der Waals surface area contributed by atoms with Crippen LogP contribution in [0.1, 0.15) is 10.4 Å². The van der Waals surface area contributed by atoms with Gasteiger partial charge in [-0.2, -0.15) is 5.26 Å². The lowest BCUT2D eigenvalue weighted by atomic mass is 10.2. The molecule has 4 nitrogen and oxygen atoms in total. The topological polar surface area (TPSA) is 76.8 Å². The van der Waals surface area contributed by atoms with Crippen LogP contribution in [0.5, 0.6) is 0 Å². The third-order valence-electron chi connectivity index (χ3n) is 3.02. The third-order valence-corrected chi connectivity index (χ3v) is 4.13. The SMILES string of the molecule is Cc1c(C#N)sc2[nH+]c(-c3ccccc3)nc(N)c12. The predicted octanol–water partition coefficient (Wildman–Crippen LogP) is 2.54. The Balaban J connectivity index is 2.29. The summed E-state index contributed by atoms with van der Waals surface area (Å²) in [6, 6.07) is 12.0. The molecule has 2 aromatic heterocycles. The highest BCUT2D eigenvalue weighted by atomic mass is 32.1. The summed E-state index contributed by atoms with van der Waals surface area (Å²) >= 11 is 1.41. The van der Waals surface area contributed by atoms with Gasteiger partial charge in [-0.3, -0.25) is 0 Å². The standard InChI is InChI=1S/C14H10N4S/c1-8-10(7-15)19-14-11(8)12(16)17-13(18-14)9-5-3-2-4-6-9/h2-6H,1H3,(H2,16,17,18)/p+1. The lowest BCUT2D eigenvalue weighted by Crippen LogP contribution is -2.11. The van der Waals surface area contributed by atoms with Crippen LogP contribution in [-0.2, 0) is 0 Å². The van der Waals surface area contributed by atoms with Crippen molar-refractivity contribution in [2.24, 2.45) is 0 Å². The number of nitrogens with one attached hydrogen (secondary N) is 1. The van der Waals surface area contributed by atoms with E-state index in [2.05, 4.69) is 16.0 Å². The molecule has 0 aliphatic carbocycles. The number of thiophene rings is 1. The molecule has 0 spiro atoms. The Morgan fingerprint density at radius 2 is 2.05 bits per heavy atom. The van der Waals surface area contributed by atoms with Gasteiger partial charge in [-0.25, -0.2) is 4.98 Å². The number of benzene rings is 1. The number of nitriles is 1. The van der Waals surface area contributed by atoms with Crippen LogP contribution in [0, 0.1) is 18.3 Å². The second kappa shape index (κ2) is 4.34. The van der Waals surface area contributed by atoms with Gasteiger partial charge in [0.25, 0.3) is 5.82 Å². The van der Waals surface area contributed by atoms with E-state index >= 15 is 0 Å². The number of nitrogens with two attached hydrogens (primary N) is 1. The number of nitrogen functional groups attached to an aromatic ring is 1. The smallest absolute Gasteiger partial charge is 0.331 e. The average Bonchev–Trinajstić information content (AvgIpc) is 2.76. The van der Waals surface area contributed by atoms with Gasteiger partial charge in [0.15, 0.2) is 4.83 Å². The number of rotatable bonds is 1. The molecular formula is C14H11N4S+. The van der Waals surface area contributed by atoms with Crippen molar-refractivity contribution in [3.8, 4) is 17.5 Å². The zero-order chi connectivity index (χ0) is 13.4. The van der Waals surface area contributed by atoms with Gasteiger partial charge in [-0.15, -0.1) is 0 Å². The molecule has 0 aliphatic heterocycles. The second-order valence-corrected chi connectivity index (χ2v) is 5.23. The van der Waals surface area contributed by atoms with Gasteiger partial charge in [0, 0.05) is 0 Å². The van der Waals surface area contributed by atoms with E-state index in [1.54, 1.807) is 0 Å². The minimum atomic E-state index is 0.461. The Kier molecular flexibility index (Phi) is 2.65. The number of anilines is 1. The summed E-state index contributed by atoms with van der Waals surface area (Å²) in [6.07, 6.45) is 0. The summed E-state index contributed by atoms with van der Waals surface area (Å²) in [5, 5.41) is 9.93. The first-order valence-corrected chi connectivity index (χ1v) is 6.59. The fourth-order valence-corrected chi connectivity index (χ4v) is 3.07. The van der Waals surface area contributed by atoms with Gasteiger partial charge >= 0.3 is 5.82 Å². The molecular weight excluding hydrogens is 256 g/mol. The van der Waals surface area contributed by atoms with E-state index < -0.39 is 0 Å². The van der Waals surface area contributed by atoms with Crippen molar-refractivity contribution in [2.75, 3.05) is 5.73 Å². The molecule has 3 rings (SSSR count). The van der Waals surface area contributed by atoms with E-state index in [0.717, 1.165) is 27.2 Å². The first-order chi connectivity index (χ1) is 9.20. The predicted molar refractivity (Wildman–Crippen MR) is 75.5 cm³/mol. The van der Waals surface area contributed by atoms with Crippen molar-refractivity contribution in [1.82, 2.24) is 4.98 Å². The summed E-state index contributed by atoms with van der Waals surface area (Å²) in [7, 11) is 0. The zero-order valence-electron chi connectivity index (χ0n) is 10.3. The van der Waals surface area contributed by atoms with E-state index in [1.165, 1.54) is 11.3 Å². The van der Waals surface area contributed by atoms with Crippen LogP contribution >= 0.6 is 11.3 Å². The molecule has 5 heteroatoms. The summed E-state index contributed by atoms with van der Waals surface area (Å²) in [6.45, 7) is 1.89. The van der Waals surface area contributed by atoms with Gasteiger partial charge < -0.3 is 5.73 Å². The van der Waals surface area contributed by atoms with Crippen LogP contribution in [0.4, 0.5) is 5.82 Å². The van der Waals surface area contributed by atoms with E-state index in [0.29, 0.717) is 10.7 Å². The molecule has 3 N–H and O–H groups in total. The minimum Gasteiger partial charge on any atom is -0.362 e. The minimum absolute atomic E-state index is 0.461. The second-order valence-electron chi connectivity index (χ2n) is 4.21. The van der Waals surface area contributed by atoms with Gasteiger partial charge in [-0.1, -0.05) is 29.5 Å². The highest BCUT2D eigenvalue weighted by Gasteiger charge is 2.20. The Morgan fingerprint density at radius 3 is 2.74 bits per heavy atom. The highest BCUT2D eigenvalue weighted by Crippen LogP contribution is 2.31. The van der Waals surface area contributed by atoms with Crippen molar-refractivity contribution in [1.29, 1.82) is 5.26 Å². The monoisotopic (exact) mass is 267 g/mol. The van der Waals surface area contributed by atoms with Gasteiger partial charge in [0.1, 0.15) is 16.3 Å². The number of aromatic nitrogens is 2. The largest absolute Gasteiger partial charge is 0.362 e. The molecule has 0 aliphatic rings. The number of aryl methyl sites for hydroxylation is 1.